The molecule has 24 heavy (non-hydrogen) atoms. The minimum Gasteiger partial charge on any atom is -0.495 e. The Balaban J connectivity index is 1.89. The Morgan fingerprint density at radius 2 is 1.96 bits per heavy atom. The lowest BCUT2D eigenvalue weighted by molar-refractivity contribution is 0.0133. The van der Waals surface area contributed by atoms with Crippen LogP contribution in [0.5, 0.6) is 5.75 Å². The van der Waals surface area contributed by atoms with Crippen LogP contribution in [-0.4, -0.2) is 50.4 Å². The lowest BCUT2D eigenvalue weighted by atomic mass is 10.0. The van der Waals surface area contributed by atoms with Crippen molar-refractivity contribution in [2.75, 3.05) is 33.4 Å². The molecule has 0 aromatic heterocycles. The summed E-state index contributed by atoms with van der Waals surface area (Å²) in [6.07, 6.45) is -0.0589. The Morgan fingerprint density at radius 1 is 1.29 bits per heavy atom. The number of methoxy groups -OCH3 is 1. The molecular formula is C18H21BrN2O3. The van der Waals surface area contributed by atoms with Crippen LogP contribution < -0.4 is 10.1 Å². The lowest BCUT2D eigenvalue weighted by Gasteiger charge is -2.32. The number of fused-ring (bicyclic) bond motifs is 1. The summed E-state index contributed by atoms with van der Waals surface area (Å²) in [5.74, 6) is 0.456. The number of amides is 1. The van der Waals surface area contributed by atoms with Crippen LogP contribution in [0.15, 0.2) is 34.8 Å². The summed E-state index contributed by atoms with van der Waals surface area (Å²) >= 11 is 3.56. The van der Waals surface area contributed by atoms with E-state index in [0.29, 0.717) is 24.5 Å². The average molecular weight is 393 g/mol. The molecule has 0 radical (unpaired) electrons. The molecule has 2 aromatic rings. The zero-order valence-electron chi connectivity index (χ0n) is 13.8. The van der Waals surface area contributed by atoms with Gasteiger partial charge in [-0.1, -0.05) is 40.2 Å². The highest BCUT2D eigenvalue weighted by atomic mass is 79.9. The molecule has 1 atom stereocenters. The molecular weight excluding hydrogens is 372 g/mol. The number of rotatable bonds is 4. The first-order valence-corrected chi connectivity index (χ1v) is 8.79. The maximum absolute atomic E-state index is 12.8. The SMILES string of the molecule is COc1c(C(=O)NC(C)N2CCOCC2)cc(Br)c2ccccc12. The molecule has 128 valence electrons. The predicted octanol–water partition coefficient (Wildman–Crippen LogP) is 3.02. The van der Waals surface area contributed by atoms with E-state index in [-0.39, 0.29) is 12.1 Å². The summed E-state index contributed by atoms with van der Waals surface area (Å²) in [6.45, 7) is 5.03. The highest BCUT2D eigenvalue weighted by Gasteiger charge is 2.22. The molecule has 1 N–H and O–H groups in total. The van der Waals surface area contributed by atoms with Gasteiger partial charge in [0, 0.05) is 22.9 Å². The number of hydrogen-bond donors (Lipinski definition) is 1. The van der Waals surface area contributed by atoms with Gasteiger partial charge in [-0.2, -0.15) is 0 Å². The monoisotopic (exact) mass is 392 g/mol. The number of nitrogens with zero attached hydrogens (tertiary/aromatic N) is 1. The number of ether oxygens (including phenoxy) is 2. The third kappa shape index (κ3) is 3.41. The van der Waals surface area contributed by atoms with Crippen molar-refractivity contribution in [1.29, 1.82) is 0 Å². The molecule has 2 aromatic carbocycles. The first-order valence-electron chi connectivity index (χ1n) is 7.99. The van der Waals surface area contributed by atoms with Crippen LogP contribution in [0.1, 0.15) is 17.3 Å². The van der Waals surface area contributed by atoms with Gasteiger partial charge in [0.05, 0.1) is 32.1 Å². The largest absolute Gasteiger partial charge is 0.495 e. The van der Waals surface area contributed by atoms with Gasteiger partial charge in [-0.25, -0.2) is 0 Å². The second kappa shape index (κ2) is 7.51. The molecule has 0 spiro atoms. The van der Waals surface area contributed by atoms with Gasteiger partial charge in [0.15, 0.2) is 0 Å². The Hall–Kier alpha value is -1.63. The number of carbonyl (C=O) groups is 1. The van der Waals surface area contributed by atoms with Crippen molar-refractivity contribution in [1.82, 2.24) is 10.2 Å². The van der Waals surface area contributed by atoms with Gasteiger partial charge in [-0.05, 0) is 18.4 Å². The van der Waals surface area contributed by atoms with Gasteiger partial charge in [0.1, 0.15) is 5.75 Å². The second-order valence-electron chi connectivity index (χ2n) is 5.78. The molecule has 5 nitrogen and oxygen atoms in total. The van der Waals surface area contributed by atoms with Crippen LogP contribution >= 0.6 is 15.9 Å². The number of benzene rings is 2. The summed E-state index contributed by atoms with van der Waals surface area (Å²) in [6, 6.07) is 9.69. The fourth-order valence-corrected chi connectivity index (χ4v) is 3.59. The van der Waals surface area contributed by atoms with E-state index >= 15 is 0 Å². The van der Waals surface area contributed by atoms with Crippen LogP contribution in [-0.2, 0) is 4.74 Å². The van der Waals surface area contributed by atoms with Crippen LogP contribution in [0.3, 0.4) is 0 Å². The fourth-order valence-electron chi connectivity index (χ4n) is 3.02. The first kappa shape index (κ1) is 17.2. The van der Waals surface area contributed by atoms with Crippen molar-refractivity contribution in [2.24, 2.45) is 0 Å². The van der Waals surface area contributed by atoms with Gasteiger partial charge < -0.3 is 14.8 Å². The maximum atomic E-state index is 12.8. The number of morpholine rings is 1. The predicted molar refractivity (Wildman–Crippen MR) is 97.5 cm³/mol. The van der Waals surface area contributed by atoms with E-state index in [4.69, 9.17) is 9.47 Å². The van der Waals surface area contributed by atoms with E-state index in [2.05, 4.69) is 26.1 Å². The van der Waals surface area contributed by atoms with Crippen molar-refractivity contribution >= 4 is 32.6 Å². The van der Waals surface area contributed by atoms with Crippen molar-refractivity contribution in [2.45, 2.75) is 13.1 Å². The molecule has 1 unspecified atom stereocenters. The van der Waals surface area contributed by atoms with Crippen molar-refractivity contribution in [3.05, 3.63) is 40.4 Å². The molecule has 0 saturated carbocycles. The van der Waals surface area contributed by atoms with E-state index in [1.165, 1.54) is 0 Å². The zero-order chi connectivity index (χ0) is 17.1. The van der Waals surface area contributed by atoms with Gasteiger partial charge in [-0.3, -0.25) is 9.69 Å². The topological polar surface area (TPSA) is 50.8 Å². The minimum atomic E-state index is -0.141. The second-order valence-corrected chi connectivity index (χ2v) is 6.64. The van der Waals surface area contributed by atoms with Crippen LogP contribution in [0.25, 0.3) is 10.8 Å². The summed E-state index contributed by atoms with van der Waals surface area (Å²) < 4.78 is 11.8. The third-order valence-corrected chi connectivity index (χ3v) is 4.98. The van der Waals surface area contributed by atoms with E-state index in [1.54, 1.807) is 7.11 Å². The van der Waals surface area contributed by atoms with Gasteiger partial charge in [-0.15, -0.1) is 0 Å². The molecule has 1 fully saturated rings. The van der Waals surface area contributed by atoms with E-state index in [1.807, 2.05) is 37.3 Å². The van der Waals surface area contributed by atoms with E-state index < -0.39 is 0 Å². The van der Waals surface area contributed by atoms with Crippen LogP contribution in [0.2, 0.25) is 0 Å². The zero-order valence-corrected chi connectivity index (χ0v) is 15.4. The third-order valence-electron chi connectivity index (χ3n) is 4.33. The van der Waals surface area contributed by atoms with Crippen LogP contribution in [0, 0.1) is 0 Å². The smallest absolute Gasteiger partial charge is 0.256 e. The first-order chi connectivity index (χ1) is 11.6. The van der Waals surface area contributed by atoms with Crippen molar-refractivity contribution in [3.8, 4) is 5.75 Å². The minimum absolute atomic E-state index is 0.0589. The molecule has 1 heterocycles. The highest BCUT2D eigenvalue weighted by Crippen LogP contribution is 2.35. The van der Waals surface area contributed by atoms with Gasteiger partial charge >= 0.3 is 0 Å². The standard InChI is InChI=1S/C18H21BrN2O3/c1-12(21-7-9-24-10-8-21)20-18(22)15-11-16(19)13-5-3-4-6-14(13)17(15)23-2/h3-6,11-12H,7-10H2,1-2H3,(H,20,22). The quantitative estimate of drug-likeness (QED) is 0.868. The molecule has 1 aliphatic rings. The Labute approximate surface area is 150 Å². The molecule has 3 rings (SSSR count). The van der Waals surface area contributed by atoms with Crippen molar-refractivity contribution < 1.29 is 14.3 Å². The number of halogens is 1. The molecule has 1 aliphatic heterocycles. The summed E-state index contributed by atoms with van der Waals surface area (Å²) in [4.78, 5) is 15.0. The molecule has 0 aliphatic carbocycles. The molecule has 0 bridgehead atoms. The van der Waals surface area contributed by atoms with Crippen LogP contribution in [0.4, 0.5) is 0 Å². The number of hydrogen-bond acceptors (Lipinski definition) is 4. The molecule has 1 amide bonds. The number of carbonyl (C=O) groups excluding carboxylic acids is 1. The maximum Gasteiger partial charge on any atom is 0.256 e. The normalized spacial score (nSPS) is 16.8. The van der Waals surface area contributed by atoms with Crippen molar-refractivity contribution in [3.63, 3.8) is 0 Å². The highest BCUT2D eigenvalue weighted by molar-refractivity contribution is 9.10. The average Bonchev–Trinajstić information content (AvgIpc) is 2.62. The van der Waals surface area contributed by atoms with Gasteiger partial charge in [0.2, 0.25) is 0 Å². The van der Waals surface area contributed by atoms with Gasteiger partial charge in [0.25, 0.3) is 5.91 Å². The summed E-state index contributed by atoms with van der Waals surface area (Å²) in [5.41, 5.74) is 0.531. The van der Waals surface area contributed by atoms with E-state index in [9.17, 15) is 4.79 Å². The van der Waals surface area contributed by atoms with E-state index in [0.717, 1.165) is 28.3 Å². The Bertz CT molecular complexity index is 744. The molecule has 1 saturated heterocycles. The summed E-state index contributed by atoms with van der Waals surface area (Å²) in [7, 11) is 1.60. The Morgan fingerprint density at radius 3 is 2.62 bits per heavy atom. The molecule has 6 heteroatoms. The summed E-state index contributed by atoms with van der Waals surface area (Å²) in [5, 5.41) is 5.00. The lowest BCUT2D eigenvalue weighted by Crippen LogP contribution is -2.50. The Kier molecular flexibility index (Phi) is 5.38. The number of nitrogens with one attached hydrogen (secondary N) is 1. The fraction of sp³-hybridized carbons (Fsp3) is 0.389.